The third kappa shape index (κ3) is 2.17. The highest BCUT2D eigenvalue weighted by Crippen LogP contribution is 2.46. The van der Waals surface area contributed by atoms with Crippen LogP contribution in [0.1, 0.15) is 49.5 Å². The lowest BCUT2D eigenvalue weighted by Gasteiger charge is -2.48. The normalized spacial score (nSPS) is 27.8. The Morgan fingerprint density at radius 3 is 3.00 bits per heavy atom. The molecule has 0 aromatic carbocycles. The molecule has 1 saturated carbocycles. The first-order valence-corrected chi connectivity index (χ1v) is 6.93. The Kier molecular flexibility index (Phi) is 3.12. The Hall–Kier alpha value is -0.930. The first kappa shape index (κ1) is 12.1. The number of aryl methyl sites for hydroxylation is 1. The number of rotatable bonds is 2. The molecule has 0 radical (unpaired) electrons. The number of hydrogen-bond donors (Lipinski definition) is 1. The van der Waals surface area contributed by atoms with Crippen LogP contribution in [0, 0.1) is 12.8 Å². The maximum Gasteiger partial charge on any atom is 0.0989 e. The number of hydrogen-bond acceptors (Lipinski definition) is 3. The molecule has 3 nitrogen and oxygen atoms in total. The van der Waals surface area contributed by atoms with Crippen molar-refractivity contribution < 1.29 is 9.84 Å². The molecule has 2 atom stereocenters. The molecule has 2 fully saturated rings. The van der Waals surface area contributed by atoms with Crippen LogP contribution >= 0.6 is 0 Å². The third-order valence-electron chi connectivity index (χ3n) is 4.48. The van der Waals surface area contributed by atoms with E-state index in [1.54, 1.807) is 6.20 Å². The van der Waals surface area contributed by atoms with Crippen LogP contribution in [0.5, 0.6) is 0 Å². The van der Waals surface area contributed by atoms with Gasteiger partial charge in [-0.2, -0.15) is 0 Å². The highest BCUT2D eigenvalue weighted by molar-refractivity contribution is 5.17. The summed E-state index contributed by atoms with van der Waals surface area (Å²) in [4.78, 5) is 4.32. The molecule has 1 N–H and O–H groups in total. The Balaban J connectivity index is 1.73. The van der Waals surface area contributed by atoms with Gasteiger partial charge in [0.05, 0.1) is 17.4 Å². The Morgan fingerprint density at radius 2 is 2.33 bits per heavy atom. The molecule has 2 unspecified atom stereocenters. The van der Waals surface area contributed by atoms with Crippen molar-refractivity contribution in [2.75, 3.05) is 6.61 Å². The van der Waals surface area contributed by atoms with E-state index in [2.05, 4.69) is 4.98 Å². The van der Waals surface area contributed by atoms with Gasteiger partial charge in [0.2, 0.25) is 0 Å². The second-order valence-corrected chi connectivity index (χ2v) is 5.84. The molecule has 1 aliphatic heterocycles. The van der Waals surface area contributed by atoms with Gasteiger partial charge < -0.3 is 9.84 Å². The molecule has 1 aromatic rings. The first-order valence-electron chi connectivity index (χ1n) is 6.93. The maximum atomic E-state index is 10.5. The van der Waals surface area contributed by atoms with Gasteiger partial charge in [-0.25, -0.2) is 0 Å². The zero-order valence-corrected chi connectivity index (χ0v) is 10.9. The summed E-state index contributed by atoms with van der Waals surface area (Å²) in [5.41, 5.74) is 2.06. The van der Waals surface area contributed by atoms with Crippen molar-refractivity contribution in [3.05, 3.63) is 29.6 Å². The zero-order chi connectivity index (χ0) is 12.6. The number of aliphatic hydroxyl groups is 1. The van der Waals surface area contributed by atoms with Gasteiger partial charge in [-0.1, -0.05) is 0 Å². The van der Waals surface area contributed by atoms with Gasteiger partial charge in [-0.15, -0.1) is 0 Å². The van der Waals surface area contributed by atoms with E-state index < -0.39 is 6.10 Å². The number of pyridine rings is 1. The fourth-order valence-corrected chi connectivity index (χ4v) is 3.22. The van der Waals surface area contributed by atoms with E-state index >= 15 is 0 Å². The minimum absolute atomic E-state index is 0.0910. The average molecular weight is 247 g/mol. The quantitative estimate of drug-likeness (QED) is 0.873. The van der Waals surface area contributed by atoms with Crippen LogP contribution in [0.25, 0.3) is 0 Å². The number of aliphatic hydroxyl groups excluding tert-OH is 1. The summed E-state index contributed by atoms with van der Waals surface area (Å²) in [5, 5.41) is 10.5. The van der Waals surface area contributed by atoms with E-state index in [-0.39, 0.29) is 5.60 Å². The van der Waals surface area contributed by atoms with Gasteiger partial charge in [0.25, 0.3) is 0 Å². The minimum atomic E-state index is -0.439. The summed E-state index contributed by atoms with van der Waals surface area (Å²) >= 11 is 0. The topological polar surface area (TPSA) is 42.4 Å². The van der Waals surface area contributed by atoms with E-state index in [9.17, 15) is 5.11 Å². The summed E-state index contributed by atoms with van der Waals surface area (Å²) in [6.07, 6.45) is 6.88. The first-order chi connectivity index (χ1) is 8.69. The molecule has 2 heterocycles. The second kappa shape index (κ2) is 4.63. The monoisotopic (exact) mass is 247 g/mol. The molecule has 2 aliphatic rings. The Bertz CT molecular complexity index is 428. The van der Waals surface area contributed by atoms with Crippen LogP contribution in [0.15, 0.2) is 18.3 Å². The summed E-state index contributed by atoms with van der Waals surface area (Å²) in [6.45, 7) is 2.82. The van der Waals surface area contributed by atoms with Crippen LogP contribution in [0.3, 0.4) is 0 Å². The minimum Gasteiger partial charge on any atom is -0.387 e. The molecular weight excluding hydrogens is 226 g/mol. The molecular formula is C15H21NO2. The molecule has 1 aromatic heterocycles. The van der Waals surface area contributed by atoms with Gasteiger partial charge in [-0.05, 0) is 62.6 Å². The van der Waals surface area contributed by atoms with Crippen molar-refractivity contribution in [3.63, 3.8) is 0 Å². The lowest BCUT2D eigenvalue weighted by Crippen LogP contribution is -2.46. The smallest absolute Gasteiger partial charge is 0.0989 e. The van der Waals surface area contributed by atoms with Crippen molar-refractivity contribution in [1.29, 1.82) is 0 Å². The molecule has 1 saturated heterocycles. The van der Waals surface area contributed by atoms with Crippen molar-refractivity contribution in [1.82, 2.24) is 4.98 Å². The molecule has 98 valence electrons. The van der Waals surface area contributed by atoms with Crippen molar-refractivity contribution in [3.8, 4) is 0 Å². The molecule has 0 bridgehead atoms. The standard InChI is InChI=1S/C15H21NO2/c1-11-3-7-16-13(9-11)14(17)12-4-8-18-15(10-12)5-2-6-15/h3,7,9,12,14,17H,2,4-6,8,10H2,1H3. The largest absolute Gasteiger partial charge is 0.387 e. The fourth-order valence-electron chi connectivity index (χ4n) is 3.22. The highest BCUT2D eigenvalue weighted by Gasteiger charge is 2.44. The van der Waals surface area contributed by atoms with Crippen LogP contribution in [-0.2, 0) is 4.74 Å². The average Bonchev–Trinajstić information content (AvgIpc) is 2.36. The van der Waals surface area contributed by atoms with Crippen molar-refractivity contribution >= 4 is 0 Å². The molecule has 3 heteroatoms. The number of aromatic nitrogens is 1. The molecule has 3 rings (SSSR count). The lowest BCUT2D eigenvalue weighted by molar-refractivity contribution is -0.157. The maximum absolute atomic E-state index is 10.5. The van der Waals surface area contributed by atoms with Gasteiger partial charge in [-0.3, -0.25) is 4.98 Å². The second-order valence-electron chi connectivity index (χ2n) is 5.84. The van der Waals surface area contributed by atoms with Crippen LogP contribution < -0.4 is 0 Å². The van der Waals surface area contributed by atoms with Gasteiger partial charge in [0.15, 0.2) is 0 Å². The fraction of sp³-hybridized carbons (Fsp3) is 0.667. The zero-order valence-electron chi connectivity index (χ0n) is 10.9. The van der Waals surface area contributed by atoms with Crippen LogP contribution in [-0.4, -0.2) is 22.3 Å². The van der Waals surface area contributed by atoms with E-state index in [4.69, 9.17) is 4.74 Å². The van der Waals surface area contributed by atoms with Gasteiger partial charge in [0, 0.05) is 12.8 Å². The van der Waals surface area contributed by atoms with E-state index in [0.717, 1.165) is 43.5 Å². The molecule has 0 amide bonds. The van der Waals surface area contributed by atoms with E-state index in [1.807, 2.05) is 19.1 Å². The summed E-state index contributed by atoms with van der Waals surface area (Å²) in [5.74, 6) is 0.299. The predicted molar refractivity (Wildman–Crippen MR) is 69.2 cm³/mol. The van der Waals surface area contributed by atoms with E-state index in [1.165, 1.54) is 6.42 Å². The molecule has 1 aliphatic carbocycles. The molecule has 1 spiro atoms. The van der Waals surface area contributed by atoms with E-state index in [0.29, 0.717) is 5.92 Å². The van der Waals surface area contributed by atoms with Crippen LogP contribution in [0.4, 0.5) is 0 Å². The van der Waals surface area contributed by atoms with Crippen molar-refractivity contribution in [2.24, 2.45) is 5.92 Å². The Morgan fingerprint density at radius 1 is 1.50 bits per heavy atom. The number of nitrogens with zero attached hydrogens (tertiary/aromatic N) is 1. The number of ether oxygens (including phenoxy) is 1. The Labute approximate surface area is 108 Å². The van der Waals surface area contributed by atoms with Gasteiger partial charge in [0.1, 0.15) is 0 Å². The SMILES string of the molecule is Cc1ccnc(C(O)C2CCOC3(CCC3)C2)c1. The van der Waals surface area contributed by atoms with Crippen molar-refractivity contribution in [2.45, 2.75) is 50.7 Å². The third-order valence-corrected chi connectivity index (χ3v) is 4.48. The summed E-state index contributed by atoms with van der Waals surface area (Å²) in [7, 11) is 0. The lowest BCUT2D eigenvalue weighted by atomic mass is 9.70. The van der Waals surface area contributed by atoms with Gasteiger partial charge >= 0.3 is 0 Å². The van der Waals surface area contributed by atoms with Crippen LogP contribution in [0.2, 0.25) is 0 Å². The molecule has 18 heavy (non-hydrogen) atoms. The summed E-state index contributed by atoms with van der Waals surface area (Å²) < 4.78 is 5.91. The highest BCUT2D eigenvalue weighted by atomic mass is 16.5. The predicted octanol–water partition coefficient (Wildman–Crippen LogP) is 2.77. The summed E-state index contributed by atoms with van der Waals surface area (Å²) in [6, 6.07) is 3.96.